The molecule has 0 aliphatic heterocycles. The Balaban J connectivity index is 2.94. The summed E-state index contributed by atoms with van der Waals surface area (Å²) in [7, 11) is 0. The highest BCUT2D eigenvalue weighted by atomic mass is 32.1. The molecule has 0 amide bonds. The van der Waals surface area contributed by atoms with Gasteiger partial charge in [0.25, 0.3) is 0 Å². The minimum atomic E-state index is 0.651. The van der Waals surface area contributed by atoms with Crippen LogP contribution in [-0.2, 0) is 0 Å². The molecule has 1 heterocycles. The first kappa shape index (κ1) is 6.10. The fraction of sp³-hybridized carbons (Fsp3) is 0. The normalized spacial score (nSPS) is 10.7. The standard InChI is InChI=1S/C5H6N2OS/c6-4-1-2-9-5(4)3-7-8/h1-3,8H,6H2. The van der Waals surface area contributed by atoms with Gasteiger partial charge in [0.05, 0.1) is 16.8 Å². The van der Waals surface area contributed by atoms with Gasteiger partial charge in [-0.3, -0.25) is 0 Å². The Morgan fingerprint density at radius 2 is 2.56 bits per heavy atom. The molecule has 0 aliphatic rings. The van der Waals surface area contributed by atoms with Crippen molar-refractivity contribution in [2.24, 2.45) is 5.16 Å². The first-order valence-corrected chi connectivity index (χ1v) is 3.23. The summed E-state index contributed by atoms with van der Waals surface area (Å²) >= 11 is 1.44. The van der Waals surface area contributed by atoms with Crippen molar-refractivity contribution < 1.29 is 5.21 Å². The van der Waals surface area contributed by atoms with Gasteiger partial charge in [-0.2, -0.15) is 0 Å². The van der Waals surface area contributed by atoms with Crippen molar-refractivity contribution in [3.63, 3.8) is 0 Å². The second-order valence-corrected chi connectivity index (χ2v) is 2.43. The summed E-state index contributed by atoms with van der Waals surface area (Å²) in [4.78, 5) is 0.789. The summed E-state index contributed by atoms with van der Waals surface area (Å²) in [6, 6.07) is 1.77. The van der Waals surface area contributed by atoms with Crippen LogP contribution in [0.25, 0.3) is 0 Å². The van der Waals surface area contributed by atoms with Crippen molar-refractivity contribution in [3.05, 3.63) is 16.3 Å². The molecule has 0 atom stereocenters. The number of nitrogen functional groups attached to an aromatic ring is 1. The molecule has 9 heavy (non-hydrogen) atoms. The van der Waals surface area contributed by atoms with Crippen LogP contribution in [0.3, 0.4) is 0 Å². The topological polar surface area (TPSA) is 58.6 Å². The molecular weight excluding hydrogens is 136 g/mol. The summed E-state index contributed by atoms with van der Waals surface area (Å²) in [5.41, 5.74) is 6.09. The van der Waals surface area contributed by atoms with Gasteiger partial charge in [0.2, 0.25) is 0 Å². The average molecular weight is 142 g/mol. The van der Waals surface area contributed by atoms with Gasteiger partial charge in [-0.25, -0.2) is 0 Å². The number of anilines is 1. The molecule has 0 spiro atoms. The molecule has 1 aromatic rings. The molecule has 0 saturated carbocycles. The van der Waals surface area contributed by atoms with Crippen LogP contribution >= 0.6 is 11.3 Å². The average Bonchev–Trinajstić information content (AvgIpc) is 2.18. The monoisotopic (exact) mass is 142 g/mol. The molecule has 1 rings (SSSR count). The molecule has 0 unspecified atom stereocenters. The number of hydrogen-bond donors (Lipinski definition) is 2. The molecule has 0 radical (unpaired) electrons. The van der Waals surface area contributed by atoms with E-state index < -0.39 is 0 Å². The van der Waals surface area contributed by atoms with Crippen LogP contribution in [0.5, 0.6) is 0 Å². The predicted molar refractivity (Wildman–Crippen MR) is 38.1 cm³/mol. The number of rotatable bonds is 1. The van der Waals surface area contributed by atoms with Crippen molar-refractivity contribution in [2.45, 2.75) is 0 Å². The smallest absolute Gasteiger partial charge is 0.0854 e. The van der Waals surface area contributed by atoms with E-state index in [-0.39, 0.29) is 0 Å². The molecule has 0 aromatic carbocycles. The maximum atomic E-state index is 8.08. The highest BCUT2D eigenvalue weighted by Crippen LogP contribution is 2.15. The van der Waals surface area contributed by atoms with Gasteiger partial charge < -0.3 is 10.9 Å². The summed E-state index contributed by atoms with van der Waals surface area (Å²) in [5.74, 6) is 0. The molecule has 3 N–H and O–H groups in total. The van der Waals surface area contributed by atoms with E-state index in [1.54, 1.807) is 6.07 Å². The molecule has 0 aliphatic carbocycles. The van der Waals surface area contributed by atoms with Gasteiger partial charge >= 0.3 is 0 Å². The molecule has 48 valence electrons. The molecule has 1 aromatic heterocycles. The quantitative estimate of drug-likeness (QED) is 0.351. The van der Waals surface area contributed by atoms with Gasteiger partial charge in [0.15, 0.2) is 0 Å². The Labute approximate surface area is 56.4 Å². The van der Waals surface area contributed by atoms with Gasteiger partial charge in [-0.15, -0.1) is 11.3 Å². The Morgan fingerprint density at radius 3 is 3.00 bits per heavy atom. The van der Waals surface area contributed by atoms with E-state index in [1.807, 2.05) is 5.38 Å². The van der Waals surface area contributed by atoms with Crippen molar-refractivity contribution in [3.8, 4) is 0 Å². The fourth-order valence-electron chi connectivity index (χ4n) is 0.488. The van der Waals surface area contributed by atoms with Crippen molar-refractivity contribution in [1.82, 2.24) is 0 Å². The zero-order valence-corrected chi connectivity index (χ0v) is 5.43. The largest absolute Gasteiger partial charge is 0.411 e. The van der Waals surface area contributed by atoms with Crippen molar-refractivity contribution in [1.29, 1.82) is 0 Å². The fourth-order valence-corrected chi connectivity index (χ4v) is 1.16. The number of nitrogens with zero attached hydrogens (tertiary/aromatic N) is 1. The zero-order valence-electron chi connectivity index (χ0n) is 4.61. The Morgan fingerprint density at radius 1 is 1.78 bits per heavy atom. The first-order chi connectivity index (χ1) is 4.34. The SMILES string of the molecule is Nc1ccsc1C=NO. The zero-order chi connectivity index (χ0) is 6.69. The van der Waals surface area contributed by atoms with E-state index in [2.05, 4.69) is 5.16 Å². The summed E-state index contributed by atoms with van der Waals surface area (Å²) < 4.78 is 0. The lowest BCUT2D eigenvalue weighted by atomic mass is 10.4. The van der Waals surface area contributed by atoms with Gasteiger partial charge in [-0.1, -0.05) is 5.16 Å². The van der Waals surface area contributed by atoms with E-state index in [0.717, 1.165) is 4.88 Å². The van der Waals surface area contributed by atoms with Crippen molar-refractivity contribution in [2.75, 3.05) is 5.73 Å². The van der Waals surface area contributed by atoms with E-state index in [0.29, 0.717) is 5.69 Å². The van der Waals surface area contributed by atoms with Crippen molar-refractivity contribution >= 4 is 23.2 Å². The van der Waals surface area contributed by atoms with E-state index in [1.165, 1.54) is 17.6 Å². The number of hydrogen-bond acceptors (Lipinski definition) is 4. The van der Waals surface area contributed by atoms with Crippen LogP contribution in [0.2, 0.25) is 0 Å². The minimum absolute atomic E-state index is 0.651. The molecular formula is C5H6N2OS. The Hall–Kier alpha value is -1.03. The number of oxime groups is 1. The van der Waals surface area contributed by atoms with Gasteiger partial charge in [0.1, 0.15) is 0 Å². The van der Waals surface area contributed by atoms with Crippen LogP contribution in [0.4, 0.5) is 5.69 Å². The van der Waals surface area contributed by atoms with E-state index in [4.69, 9.17) is 10.9 Å². The highest BCUT2D eigenvalue weighted by molar-refractivity contribution is 7.12. The second-order valence-electron chi connectivity index (χ2n) is 1.48. The van der Waals surface area contributed by atoms with Gasteiger partial charge in [-0.05, 0) is 11.4 Å². The molecule has 3 nitrogen and oxygen atoms in total. The lowest BCUT2D eigenvalue weighted by Gasteiger charge is -1.83. The third-order valence-electron chi connectivity index (χ3n) is 0.902. The maximum absolute atomic E-state index is 8.08. The summed E-state index contributed by atoms with van der Waals surface area (Å²) in [5, 5.41) is 12.8. The maximum Gasteiger partial charge on any atom is 0.0854 e. The Bertz CT molecular complexity index is 218. The molecule has 0 bridgehead atoms. The second kappa shape index (κ2) is 2.50. The lowest BCUT2D eigenvalue weighted by Crippen LogP contribution is -1.85. The minimum Gasteiger partial charge on any atom is -0.411 e. The number of nitrogens with two attached hydrogens (primary N) is 1. The van der Waals surface area contributed by atoms with Crippen LogP contribution < -0.4 is 5.73 Å². The summed E-state index contributed by atoms with van der Waals surface area (Å²) in [6.07, 6.45) is 1.32. The predicted octanol–water partition coefficient (Wildman–Crippen LogP) is 1.14. The third-order valence-corrected chi connectivity index (χ3v) is 1.77. The molecule has 4 heteroatoms. The van der Waals surface area contributed by atoms with Crippen LogP contribution in [0.15, 0.2) is 16.6 Å². The van der Waals surface area contributed by atoms with Gasteiger partial charge in [0, 0.05) is 0 Å². The lowest BCUT2D eigenvalue weighted by molar-refractivity contribution is 0.322. The number of thiophene rings is 1. The molecule has 0 saturated heterocycles. The highest BCUT2D eigenvalue weighted by Gasteiger charge is 1.93. The first-order valence-electron chi connectivity index (χ1n) is 2.35. The third kappa shape index (κ3) is 1.20. The Kier molecular flexibility index (Phi) is 1.69. The van der Waals surface area contributed by atoms with E-state index in [9.17, 15) is 0 Å². The van der Waals surface area contributed by atoms with Crippen LogP contribution in [-0.4, -0.2) is 11.4 Å². The van der Waals surface area contributed by atoms with Crippen LogP contribution in [0, 0.1) is 0 Å². The van der Waals surface area contributed by atoms with E-state index >= 15 is 0 Å². The molecule has 0 fully saturated rings. The van der Waals surface area contributed by atoms with Crippen LogP contribution in [0.1, 0.15) is 4.88 Å². The summed E-state index contributed by atoms with van der Waals surface area (Å²) in [6.45, 7) is 0.